The van der Waals surface area contributed by atoms with Crippen LogP contribution in [0.15, 0.2) is 30.5 Å². The molecule has 0 spiro atoms. The van der Waals surface area contributed by atoms with E-state index in [-0.39, 0.29) is 0 Å². The van der Waals surface area contributed by atoms with E-state index in [9.17, 15) is 0 Å². The fourth-order valence-corrected chi connectivity index (χ4v) is 2.23. The van der Waals surface area contributed by atoms with Crippen LogP contribution in [0.3, 0.4) is 0 Å². The molecule has 0 saturated carbocycles. The predicted molar refractivity (Wildman–Crippen MR) is 82.9 cm³/mol. The van der Waals surface area contributed by atoms with E-state index in [1.54, 1.807) is 6.20 Å². The van der Waals surface area contributed by atoms with Crippen molar-refractivity contribution < 1.29 is 0 Å². The molecule has 0 saturated heterocycles. The van der Waals surface area contributed by atoms with Gasteiger partial charge in [0, 0.05) is 6.54 Å². The smallest absolute Gasteiger partial charge is 0.241 e. The molecule has 3 rings (SSSR count). The first kappa shape index (κ1) is 13.3. The van der Waals surface area contributed by atoms with Crippen molar-refractivity contribution in [3.63, 3.8) is 0 Å². The molecule has 0 fully saturated rings. The monoisotopic (exact) mass is 283 g/mol. The van der Waals surface area contributed by atoms with Gasteiger partial charge in [0.2, 0.25) is 5.95 Å². The predicted octanol–water partition coefficient (Wildman–Crippen LogP) is 1.60. The number of aryl methyl sites for hydroxylation is 1. The molecule has 0 radical (unpaired) electrons. The van der Waals surface area contributed by atoms with Gasteiger partial charge in [-0.25, -0.2) is 5.84 Å². The molecule has 0 atom stereocenters. The maximum Gasteiger partial charge on any atom is 0.241 e. The molecule has 0 unspecified atom stereocenters. The zero-order valence-corrected chi connectivity index (χ0v) is 11.7. The Morgan fingerprint density at radius 3 is 3.00 bits per heavy atom. The van der Waals surface area contributed by atoms with Gasteiger partial charge in [0.25, 0.3) is 0 Å². The van der Waals surface area contributed by atoms with Crippen LogP contribution >= 0.6 is 0 Å². The lowest BCUT2D eigenvalue weighted by atomic mass is 10.1. The van der Waals surface area contributed by atoms with E-state index < -0.39 is 0 Å². The Morgan fingerprint density at radius 1 is 1.29 bits per heavy atom. The number of hydrogen-bond acceptors (Lipinski definition) is 6. The van der Waals surface area contributed by atoms with Gasteiger partial charge in [-0.3, -0.25) is 10.5 Å². The fourth-order valence-electron chi connectivity index (χ4n) is 2.23. The van der Waals surface area contributed by atoms with E-state index in [1.165, 1.54) is 11.1 Å². The second-order valence-corrected chi connectivity index (χ2v) is 4.84. The van der Waals surface area contributed by atoms with Gasteiger partial charge in [-0.15, -0.1) is 0 Å². The first-order chi connectivity index (χ1) is 10.3. The molecular weight excluding hydrogens is 266 g/mol. The van der Waals surface area contributed by atoms with Gasteiger partial charge in [0.05, 0.1) is 11.6 Å². The molecule has 3 aromatic rings. The van der Waals surface area contributed by atoms with Crippen LogP contribution in [0.2, 0.25) is 0 Å². The summed E-state index contributed by atoms with van der Waals surface area (Å²) in [7, 11) is 0. The number of hydrazine groups is 1. The minimum atomic E-state index is 0.352. The minimum absolute atomic E-state index is 0.352. The first-order valence-electron chi connectivity index (χ1n) is 6.73. The van der Waals surface area contributed by atoms with Crippen LogP contribution < -0.4 is 16.6 Å². The number of nitrogens with two attached hydrogens (primary N) is 1. The number of nitrogen functional groups attached to an aromatic ring is 1. The first-order valence-corrected chi connectivity index (χ1v) is 6.73. The van der Waals surface area contributed by atoms with Crippen molar-refractivity contribution in [2.45, 2.75) is 13.3 Å². The van der Waals surface area contributed by atoms with E-state index >= 15 is 0 Å². The van der Waals surface area contributed by atoms with Gasteiger partial charge in [0.1, 0.15) is 5.82 Å². The van der Waals surface area contributed by atoms with Gasteiger partial charge < -0.3 is 5.32 Å². The number of anilines is 2. The van der Waals surface area contributed by atoms with Crippen LogP contribution in [0.25, 0.3) is 11.0 Å². The Morgan fingerprint density at radius 2 is 2.19 bits per heavy atom. The third-order valence-corrected chi connectivity index (χ3v) is 3.23. The lowest BCUT2D eigenvalue weighted by Gasteiger charge is -2.08. The van der Waals surface area contributed by atoms with Crippen LogP contribution in [0.1, 0.15) is 11.1 Å². The van der Waals surface area contributed by atoms with E-state index in [4.69, 9.17) is 5.84 Å². The number of hydrogen-bond donors (Lipinski definition) is 4. The van der Waals surface area contributed by atoms with Crippen molar-refractivity contribution in [3.8, 4) is 0 Å². The van der Waals surface area contributed by atoms with Crippen molar-refractivity contribution in [1.29, 1.82) is 0 Å². The zero-order chi connectivity index (χ0) is 14.7. The van der Waals surface area contributed by atoms with Crippen molar-refractivity contribution in [2.75, 3.05) is 17.3 Å². The second-order valence-electron chi connectivity index (χ2n) is 4.84. The van der Waals surface area contributed by atoms with Gasteiger partial charge in [-0.1, -0.05) is 29.8 Å². The Balaban J connectivity index is 1.74. The number of fused-ring (bicyclic) bond motifs is 1. The highest BCUT2D eigenvalue weighted by molar-refractivity contribution is 5.86. The number of nitrogens with zero attached hydrogens (tertiary/aromatic N) is 3. The summed E-state index contributed by atoms with van der Waals surface area (Å²) in [6.07, 6.45) is 2.61. The van der Waals surface area contributed by atoms with Crippen LogP contribution in [0.4, 0.5) is 11.8 Å². The van der Waals surface area contributed by atoms with Crippen LogP contribution in [0.5, 0.6) is 0 Å². The number of aromatic amines is 1. The highest BCUT2D eigenvalue weighted by Gasteiger charge is 2.08. The molecule has 0 aliphatic rings. The Hall–Kier alpha value is -2.67. The van der Waals surface area contributed by atoms with Crippen LogP contribution in [0, 0.1) is 6.92 Å². The lowest BCUT2D eigenvalue weighted by Crippen LogP contribution is -2.13. The van der Waals surface area contributed by atoms with Crippen molar-refractivity contribution >= 4 is 22.8 Å². The SMILES string of the molecule is Cc1cccc(CCNc2nc(NN)nc3[nH]ncc23)c1. The molecule has 2 heterocycles. The molecule has 0 aliphatic heterocycles. The summed E-state index contributed by atoms with van der Waals surface area (Å²) >= 11 is 0. The molecular formula is C14H17N7. The molecule has 21 heavy (non-hydrogen) atoms. The van der Waals surface area contributed by atoms with Gasteiger partial charge in [-0.2, -0.15) is 15.1 Å². The Bertz CT molecular complexity index is 750. The molecule has 1 aromatic carbocycles. The highest BCUT2D eigenvalue weighted by atomic mass is 15.3. The molecule has 7 nitrogen and oxygen atoms in total. The summed E-state index contributed by atoms with van der Waals surface area (Å²) in [6.45, 7) is 2.86. The Kier molecular flexibility index (Phi) is 3.65. The van der Waals surface area contributed by atoms with Crippen molar-refractivity contribution in [3.05, 3.63) is 41.6 Å². The van der Waals surface area contributed by atoms with Crippen molar-refractivity contribution in [2.24, 2.45) is 5.84 Å². The maximum absolute atomic E-state index is 5.38. The van der Waals surface area contributed by atoms with Crippen molar-refractivity contribution in [1.82, 2.24) is 20.2 Å². The normalized spacial score (nSPS) is 10.8. The summed E-state index contributed by atoms with van der Waals surface area (Å²) in [5.74, 6) is 6.45. The van der Waals surface area contributed by atoms with E-state index in [0.717, 1.165) is 18.4 Å². The van der Waals surface area contributed by atoms with Crippen LogP contribution in [-0.4, -0.2) is 26.7 Å². The highest BCUT2D eigenvalue weighted by Crippen LogP contribution is 2.19. The second kappa shape index (κ2) is 5.76. The number of benzene rings is 1. The largest absolute Gasteiger partial charge is 0.369 e. The van der Waals surface area contributed by atoms with Crippen LogP contribution in [-0.2, 0) is 6.42 Å². The molecule has 5 N–H and O–H groups in total. The summed E-state index contributed by atoms with van der Waals surface area (Å²) in [5.41, 5.74) is 5.66. The number of rotatable bonds is 5. The van der Waals surface area contributed by atoms with E-state index in [1.807, 2.05) is 0 Å². The minimum Gasteiger partial charge on any atom is -0.369 e. The third kappa shape index (κ3) is 2.92. The van der Waals surface area contributed by atoms with Gasteiger partial charge in [-0.05, 0) is 18.9 Å². The average Bonchev–Trinajstić information content (AvgIpc) is 2.95. The Labute approximate surface area is 122 Å². The number of aromatic nitrogens is 4. The van der Waals surface area contributed by atoms with Gasteiger partial charge in [0.15, 0.2) is 5.65 Å². The molecule has 0 aliphatic carbocycles. The summed E-state index contributed by atoms with van der Waals surface area (Å²) in [6, 6.07) is 8.46. The number of H-pyrrole nitrogens is 1. The fraction of sp³-hybridized carbons (Fsp3) is 0.214. The van der Waals surface area contributed by atoms with E-state index in [0.29, 0.717) is 17.4 Å². The molecule has 0 bridgehead atoms. The zero-order valence-electron chi connectivity index (χ0n) is 11.7. The van der Waals surface area contributed by atoms with Gasteiger partial charge >= 0.3 is 0 Å². The quantitative estimate of drug-likeness (QED) is 0.419. The standard InChI is InChI=1S/C14H17N7/c1-9-3-2-4-10(7-9)5-6-16-12-11-8-17-21-13(11)19-14(18-12)20-15/h2-4,7-8H,5-6,15H2,1H3,(H3,16,17,18,19,20,21). The molecule has 108 valence electrons. The molecule has 7 heteroatoms. The van der Waals surface area contributed by atoms with E-state index in [2.05, 4.69) is 62.1 Å². The lowest BCUT2D eigenvalue weighted by molar-refractivity contribution is 1.00. The molecule has 0 amide bonds. The average molecular weight is 283 g/mol. The molecule has 2 aromatic heterocycles. The topological polar surface area (TPSA) is 105 Å². The third-order valence-electron chi connectivity index (χ3n) is 3.23. The summed E-state index contributed by atoms with van der Waals surface area (Å²) in [4.78, 5) is 8.51. The maximum atomic E-state index is 5.38. The summed E-state index contributed by atoms with van der Waals surface area (Å²) in [5, 5.41) is 10.9. The summed E-state index contributed by atoms with van der Waals surface area (Å²) < 4.78 is 0. The number of nitrogens with one attached hydrogen (secondary N) is 3.